The third-order valence-electron chi connectivity index (χ3n) is 5.02. The van der Waals surface area contributed by atoms with Gasteiger partial charge in [-0.25, -0.2) is 0 Å². The molecule has 0 heterocycles. The first-order valence-corrected chi connectivity index (χ1v) is 8.02. The number of primary amides is 1. The Balaban J connectivity index is -0.00000176. The Morgan fingerprint density at radius 3 is 2.04 bits per heavy atom. The number of hydrogen-bond donors (Lipinski definition) is 6. The van der Waals surface area contributed by atoms with Gasteiger partial charge in [0.1, 0.15) is 0 Å². The number of carboxylic acid groups (broad SMARTS) is 1. The van der Waals surface area contributed by atoms with Gasteiger partial charge in [-0.3, -0.25) is 15.0 Å². The smallest absolute Gasteiger partial charge is 0.309 e. The molecule has 0 aromatic carbocycles. The van der Waals surface area contributed by atoms with Gasteiger partial charge in [0.25, 0.3) is 0 Å². The second-order valence-electron chi connectivity index (χ2n) is 6.32. The van der Waals surface area contributed by atoms with Crippen molar-refractivity contribution in [3.8, 4) is 0 Å². The molecule has 0 aliphatic heterocycles. The molecule has 5 atom stereocenters. The average Bonchev–Trinajstić information content (AvgIpc) is 2.74. The third-order valence-corrected chi connectivity index (χ3v) is 5.02. The van der Waals surface area contributed by atoms with E-state index in [2.05, 4.69) is 5.32 Å². The van der Waals surface area contributed by atoms with Crippen molar-refractivity contribution in [2.75, 3.05) is 0 Å². The maximum absolute atomic E-state index is 11.5. The molecule has 1 aliphatic carbocycles. The second-order valence-corrected chi connectivity index (χ2v) is 6.32. The molecule has 14 N–H and O–H groups in total. The van der Waals surface area contributed by atoms with Crippen LogP contribution in [0.4, 0.5) is 0 Å². The predicted octanol–water partition coefficient (Wildman–Crippen LogP) is -2.63. The van der Waals surface area contributed by atoms with Crippen molar-refractivity contribution in [3.05, 3.63) is 0 Å². The molecular weight excluding hydrogens is 348 g/mol. The Kier molecular flexibility index (Phi) is 13.8. The van der Waals surface area contributed by atoms with Gasteiger partial charge in [0, 0.05) is 18.4 Å². The summed E-state index contributed by atoms with van der Waals surface area (Å²) in [7, 11) is 0. The summed E-state index contributed by atoms with van der Waals surface area (Å²) >= 11 is 0. The summed E-state index contributed by atoms with van der Waals surface area (Å²) in [5, 5.41) is 30.0. The standard InChI is InChI=1S/C15H28N4O4.3H2O/c1-3-7(4-2)8(6-11(16)20)12-10(19-15(17)18)5-9(13(12)21)14(22)23;;;/h7-10,12-13,21H,3-6H2,1-2H3,(H2,16,20)(H,22,23)(H4,17,18,19);3*1H2/t8-,9-,10+,12+,13+;;;/m0.../s1. The minimum Gasteiger partial charge on any atom is -0.481 e. The van der Waals surface area contributed by atoms with Crippen LogP contribution in [0.1, 0.15) is 39.5 Å². The summed E-state index contributed by atoms with van der Waals surface area (Å²) < 4.78 is 0. The van der Waals surface area contributed by atoms with Crippen LogP contribution in [0.5, 0.6) is 0 Å². The number of amides is 1. The SMILES string of the molecule is CCC(CC)[C@H](CC(N)=O)[C@H]1[C@H](O)[C@@H](C(=O)O)C[C@H]1NC(=N)N.O.O.O. The van der Waals surface area contributed by atoms with E-state index >= 15 is 0 Å². The highest BCUT2D eigenvalue weighted by Crippen LogP contribution is 2.42. The van der Waals surface area contributed by atoms with Gasteiger partial charge in [-0.05, 0) is 18.3 Å². The van der Waals surface area contributed by atoms with Crippen LogP contribution < -0.4 is 16.8 Å². The summed E-state index contributed by atoms with van der Waals surface area (Å²) in [6.07, 6.45) is 0.728. The number of aliphatic carboxylic acids is 1. The zero-order chi connectivity index (χ0) is 17.7. The van der Waals surface area contributed by atoms with Gasteiger partial charge in [0.05, 0.1) is 12.0 Å². The minimum absolute atomic E-state index is 0. The summed E-state index contributed by atoms with van der Waals surface area (Å²) in [5.41, 5.74) is 10.8. The maximum atomic E-state index is 11.5. The molecule has 0 aromatic rings. The average molecular weight is 382 g/mol. The molecule has 1 rings (SSSR count). The van der Waals surface area contributed by atoms with Crippen LogP contribution >= 0.6 is 0 Å². The molecule has 1 aliphatic rings. The van der Waals surface area contributed by atoms with Crippen molar-refractivity contribution < 1.29 is 36.2 Å². The van der Waals surface area contributed by atoms with E-state index in [0.29, 0.717) is 0 Å². The van der Waals surface area contributed by atoms with Gasteiger partial charge in [-0.15, -0.1) is 0 Å². The lowest BCUT2D eigenvalue weighted by Crippen LogP contribution is -2.47. The first-order chi connectivity index (χ1) is 10.7. The molecule has 0 aromatic heterocycles. The van der Waals surface area contributed by atoms with Gasteiger partial charge < -0.3 is 43.4 Å². The summed E-state index contributed by atoms with van der Waals surface area (Å²) in [4.78, 5) is 22.9. The lowest BCUT2D eigenvalue weighted by atomic mass is 9.73. The highest BCUT2D eigenvalue weighted by Gasteiger charge is 2.50. The van der Waals surface area contributed by atoms with Crippen molar-refractivity contribution in [3.63, 3.8) is 0 Å². The van der Waals surface area contributed by atoms with Gasteiger partial charge >= 0.3 is 5.97 Å². The highest BCUT2D eigenvalue weighted by atomic mass is 16.4. The van der Waals surface area contributed by atoms with E-state index in [0.717, 1.165) is 12.8 Å². The largest absolute Gasteiger partial charge is 0.481 e. The Labute approximate surface area is 152 Å². The van der Waals surface area contributed by atoms with Crippen LogP contribution in [0.2, 0.25) is 0 Å². The number of nitrogens with one attached hydrogen (secondary N) is 2. The Morgan fingerprint density at radius 2 is 1.69 bits per heavy atom. The topological polar surface area (TPSA) is 257 Å². The van der Waals surface area contributed by atoms with Gasteiger partial charge in [-0.1, -0.05) is 26.7 Å². The lowest BCUT2D eigenvalue weighted by molar-refractivity contribution is -0.145. The number of rotatable bonds is 8. The molecule has 0 saturated heterocycles. The number of carbonyl (C=O) groups is 2. The summed E-state index contributed by atoms with van der Waals surface area (Å²) in [6, 6.07) is -0.464. The number of carboxylic acids is 1. The first kappa shape index (κ1) is 28.8. The van der Waals surface area contributed by atoms with E-state index in [-0.39, 0.29) is 47.1 Å². The lowest BCUT2D eigenvalue weighted by Gasteiger charge is -2.35. The van der Waals surface area contributed by atoms with Gasteiger partial charge in [-0.2, -0.15) is 0 Å². The van der Waals surface area contributed by atoms with Gasteiger partial charge in [0.15, 0.2) is 5.96 Å². The molecule has 0 spiro atoms. The number of hydrogen-bond acceptors (Lipinski definition) is 4. The fourth-order valence-corrected chi connectivity index (χ4v) is 3.97. The number of nitrogens with two attached hydrogens (primary N) is 2. The van der Waals surface area contributed by atoms with Crippen molar-refractivity contribution in [2.24, 2.45) is 35.1 Å². The molecule has 11 heteroatoms. The zero-order valence-electron chi connectivity index (χ0n) is 15.2. The van der Waals surface area contributed by atoms with E-state index in [4.69, 9.17) is 16.9 Å². The molecule has 1 saturated carbocycles. The van der Waals surface area contributed by atoms with E-state index in [9.17, 15) is 19.8 Å². The molecule has 1 amide bonds. The first-order valence-electron chi connectivity index (χ1n) is 8.02. The van der Waals surface area contributed by atoms with E-state index in [1.165, 1.54) is 0 Å². The highest BCUT2D eigenvalue weighted by molar-refractivity contribution is 5.76. The fraction of sp³-hybridized carbons (Fsp3) is 0.800. The van der Waals surface area contributed by atoms with E-state index < -0.39 is 35.9 Å². The zero-order valence-corrected chi connectivity index (χ0v) is 15.2. The maximum Gasteiger partial charge on any atom is 0.309 e. The van der Waals surface area contributed by atoms with Crippen molar-refractivity contribution in [1.82, 2.24) is 5.32 Å². The van der Waals surface area contributed by atoms with Crippen LogP contribution in [-0.4, -0.2) is 56.6 Å². The molecule has 26 heavy (non-hydrogen) atoms. The van der Waals surface area contributed by atoms with Crippen LogP contribution in [0, 0.1) is 29.1 Å². The van der Waals surface area contributed by atoms with E-state index in [1.54, 1.807) is 0 Å². The summed E-state index contributed by atoms with van der Waals surface area (Å²) in [5.74, 6) is -3.39. The number of aliphatic hydroxyl groups is 1. The molecule has 1 fully saturated rings. The molecule has 11 nitrogen and oxygen atoms in total. The normalized spacial score (nSPS) is 25.2. The number of aliphatic hydroxyl groups excluding tert-OH is 1. The Hall–Kier alpha value is -1.95. The molecule has 0 bridgehead atoms. The predicted molar refractivity (Wildman–Crippen MR) is 96.3 cm³/mol. The van der Waals surface area contributed by atoms with Crippen LogP contribution in [0.3, 0.4) is 0 Å². The Bertz CT molecular complexity index is 459. The monoisotopic (exact) mass is 382 g/mol. The number of guanidine groups is 1. The van der Waals surface area contributed by atoms with Crippen molar-refractivity contribution in [2.45, 2.75) is 51.7 Å². The summed E-state index contributed by atoms with van der Waals surface area (Å²) in [6.45, 7) is 3.98. The quantitative estimate of drug-likeness (QED) is 0.193. The van der Waals surface area contributed by atoms with Crippen LogP contribution in [0.15, 0.2) is 0 Å². The number of carbonyl (C=O) groups excluding carboxylic acids is 1. The Morgan fingerprint density at radius 1 is 1.19 bits per heavy atom. The van der Waals surface area contributed by atoms with Gasteiger partial charge in [0.2, 0.25) is 5.91 Å². The van der Waals surface area contributed by atoms with Crippen LogP contribution in [0.25, 0.3) is 0 Å². The van der Waals surface area contributed by atoms with Crippen LogP contribution in [-0.2, 0) is 9.59 Å². The minimum atomic E-state index is -1.10. The van der Waals surface area contributed by atoms with Crippen molar-refractivity contribution >= 4 is 17.8 Å². The molecule has 0 unspecified atom stereocenters. The van der Waals surface area contributed by atoms with Crippen molar-refractivity contribution in [1.29, 1.82) is 5.41 Å². The third kappa shape index (κ3) is 6.75. The fourth-order valence-electron chi connectivity index (χ4n) is 3.97. The second kappa shape index (κ2) is 12.4. The molecule has 156 valence electrons. The van der Waals surface area contributed by atoms with E-state index in [1.807, 2.05) is 13.8 Å². The molecule has 0 radical (unpaired) electrons. The molecular formula is C15H34N4O7.